The van der Waals surface area contributed by atoms with Gasteiger partial charge in [-0.25, -0.2) is 0 Å². The van der Waals surface area contributed by atoms with Gasteiger partial charge in [0, 0.05) is 17.7 Å². The van der Waals surface area contributed by atoms with Crippen LogP contribution in [0.1, 0.15) is 17.7 Å². The van der Waals surface area contributed by atoms with Crippen molar-refractivity contribution in [1.82, 2.24) is 5.16 Å². The van der Waals surface area contributed by atoms with Gasteiger partial charge in [-0.2, -0.15) is 0 Å². The van der Waals surface area contributed by atoms with Gasteiger partial charge < -0.3 is 15.6 Å². The van der Waals surface area contributed by atoms with Crippen LogP contribution < -0.4 is 11.1 Å². The molecule has 2 heterocycles. The Morgan fingerprint density at radius 1 is 1.39 bits per heavy atom. The molecule has 1 amide bonds. The van der Waals surface area contributed by atoms with Crippen molar-refractivity contribution in [3.05, 3.63) is 29.5 Å². The highest BCUT2D eigenvalue weighted by Crippen LogP contribution is 2.32. The molecule has 5 nitrogen and oxygen atoms in total. The Bertz CT molecular complexity index is 631. The van der Waals surface area contributed by atoms with Crippen molar-refractivity contribution in [3.8, 4) is 11.3 Å². The van der Waals surface area contributed by atoms with Gasteiger partial charge in [0.15, 0.2) is 5.76 Å². The summed E-state index contributed by atoms with van der Waals surface area (Å²) in [6, 6.07) is 5.74. The molecule has 3 rings (SSSR count). The zero-order valence-electron chi connectivity index (χ0n) is 9.99. The average molecular weight is 243 g/mol. The largest absolute Gasteiger partial charge is 0.394 e. The first-order chi connectivity index (χ1) is 8.65. The summed E-state index contributed by atoms with van der Waals surface area (Å²) in [4.78, 5) is 11.3. The minimum Gasteiger partial charge on any atom is -0.394 e. The second kappa shape index (κ2) is 3.87. The minimum atomic E-state index is 0.0604. The number of benzene rings is 1. The zero-order chi connectivity index (χ0) is 12.7. The molecule has 2 aromatic rings. The summed E-state index contributed by atoms with van der Waals surface area (Å²) in [7, 11) is 0. The fourth-order valence-electron chi connectivity index (χ4n) is 2.11. The number of carbonyl (C=O) groups excluding carboxylic acids is 1. The van der Waals surface area contributed by atoms with Crippen molar-refractivity contribution in [2.45, 2.75) is 19.8 Å². The molecule has 0 aliphatic carbocycles. The standard InChI is InChI=1S/C13H13N3O2/c1-7-12(14)13(18-16-7)9-2-4-10-8(6-9)3-5-11(17)15-10/h2,4,6H,3,5,14H2,1H3,(H,15,17). The summed E-state index contributed by atoms with van der Waals surface area (Å²) in [6.45, 7) is 1.81. The Labute approximate surface area is 104 Å². The van der Waals surface area contributed by atoms with E-state index in [9.17, 15) is 4.79 Å². The summed E-state index contributed by atoms with van der Waals surface area (Å²) in [5.74, 6) is 0.650. The smallest absolute Gasteiger partial charge is 0.224 e. The van der Waals surface area contributed by atoms with Crippen molar-refractivity contribution in [2.24, 2.45) is 0 Å². The molecule has 1 aliphatic rings. The number of fused-ring (bicyclic) bond motifs is 1. The van der Waals surface area contributed by atoms with Crippen LogP contribution in [0.4, 0.5) is 11.4 Å². The molecular weight excluding hydrogens is 230 g/mol. The lowest BCUT2D eigenvalue weighted by Crippen LogP contribution is -2.18. The minimum absolute atomic E-state index is 0.0604. The molecule has 1 aromatic heterocycles. The second-order valence-corrected chi connectivity index (χ2v) is 4.43. The van der Waals surface area contributed by atoms with E-state index in [0.717, 1.165) is 23.2 Å². The first kappa shape index (κ1) is 10.8. The van der Waals surface area contributed by atoms with Crippen molar-refractivity contribution in [1.29, 1.82) is 0 Å². The molecular formula is C13H13N3O2. The monoisotopic (exact) mass is 243 g/mol. The number of rotatable bonds is 1. The molecule has 3 N–H and O–H groups in total. The quantitative estimate of drug-likeness (QED) is 0.803. The number of nitrogens with two attached hydrogens (primary N) is 1. The summed E-state index contributed by atoms with van der Waals surface area (Å²) < 4.78 is 5.23. The lowest BCUT2D eigenvalue weighted by molar-refractivity contribution is -0.116. The number of carbonyl (C=O) groups is 1. The van der Waals surface area contributed by atoms with Crippen LogP contribution in [0.15, 0.2) is 22.7 Å². The van der Waals surface area contributed by atoms with E-state index in [0.29, 0.717) is 23.6 Å². The zero-order valence-corrected chi connectivity index (χ0v) is 9.99. The van der Waals surface area contributed by atoms with Crippen LogP contribution in [0, 0.1) is 6.92 Å². The maximum Gasteiger partial charge on any atom is 0.224 e. The highest BCUT2D eigenvalue weighted by atomic mass is 16.5. The Morgan fingerprint density at radius 2 is 2.22 bits per heavy atom. The van der Waals surface area contributed by atoms with E-state index in [4.69, 9.17) is 10.3 Å². The van der Waals surface area contributed by atoms with E-state index in [-0.39, 0.29) is 5.91 Å². The van der Waals surface area contributed by atoms with Gasteiger partial charge in [-0.1, -0.05) is 5.16 Å². The van der Waals surface area contributed by atoms with Crippen LogP contribution in [0.25, 0.3) is 11.3 Å². The number of anilines is 2. The van der Waals surface area contributed by atoms with Gasteiger partial charge in [0.2, 0.25) is 5.91 Å². The van der Waals surface area contributed by atoms with E-state index in [2.05, 4.69) is 10.5 Å². The van der Waals surface area contributed by atoms with Crippen LogP contribution >= 0.6 is 0 Å². The van der Waals surface area contributed by atoms with Crippen LogP contribution in [0.2, 0.25) is 0 Å². The van der Waals surface area contributed by atoms with Gasteiger partial charge in [-0.15, -0.1) is 0 Å². The normalized spacial score (nSPS) is 14.2. The summed E-state index contributed by atoms with van der Waals surface area (Å²) in [5.41, 5.74) is 10.0. The first-order valence-corrected chi connectivity index (χ1v) is 5.80. The third kappa shape index (κ3) is 1.64. The maximum absolute atomic E-state index is 11.3. The summed E-state index contributed by atoms with van der Waals surface area (Å²) in [5, 5.41) is 6.69. The number of aromatic nitrogens is 1. The second-order valence-electron chi connectivity index (χ2n) is 4.43. The van der Waals surface area contributed by atoms with Crippen molar-refractivity contribution >= 4 is 17.3 Å². The molecule has 0 radical (unpaired) electrons. The van der Waals surface area contributed by atoms with Crippen LogP contribution in [0.3, 0.4) is 0 Å². The van der Waals surface area contributed by atoms with Gasteiger partial charge in [0.1, 0.15) is 11.4 Å². The van der Waals surface area contributed by atoms with Crippen molar-refractivity contribution < 1.29 is 9.32 Å². The van der Waals surface area contributed by atoms with Gasteiger partial charge in [0.05, 0.1) is 0 Å². The van der Waals surface area contributed by atoms with Crippen LogP contribution in [0.5, 0.6) is 0 Å². The molecule has 0 spiro atoms. The number of hydrogen-bond acceptors (Lipinski definition) is 4. The molecule has 1 aliphatic heterocycles. The van der Waals surface area contributed by atoms with Gasteiger partial charge in [-0.05, 0) is 37.1 Å². The van der Waals surface area contributed by atoms with Gasteiger partial charge >= 0.3 is 0 Å². The van der Waals surface area contributed by atoms with E-state index < -0.39 is 0 Å². The fourth-order valence-corrected chi connectivity index (χ4v) is 2.11. The maximum atomic E-state index is 11.3. The predicted molar refractivity (Wildman–Crippen MR) is 68.0 cm³/mol. The molecule has 1 aromatic carbocycles. The molecule has 0 fully saturated rings. The first-order valence-electron chi connectivity index (χ1n) is 5.80. The van der Waals surface area contributed by atoms with E-state index >= 15 is 0 Å². The average Bonchev–Trinajstić information content (AvgIpc) is 2.69. The van der Waals surface area contributed by atoms with Crippen LogP contribution in [-0.4, -0.2) is 11.1 Å². The van der Waals surface area contributed by atoms with E-state index in [1.165, 1.54) is 0 Å². The van der Waals surface area contributed by atoms with Gasteiger partial charge in [-0.3, -0.25) is 4.79 Å². The Morgan fingerprint density at radius 3 is 2.94 bits per heavy atom. The molecule has 5 heteroatoms. The SMILES string of the molecule is Cc1noc(-c2ccc3c(c2)CCC(=O)N3)c1N. The lowest BCUT2D eigenvalue weighted by atomic mass is 9.99. The molecule has 0 saturated heterocycles. The van der Waals surface area contributed by atoms with E-state index in [1.807, 2.05) is 18.2 Å². The number of nitrogens with zero attached hydrogens (tertiary/aromatic N) is 1. The number of aryl methyl sites for hydroxylation is 2. The number of nitrogen functional groups attached to an aromatic ring is 1. The topological polar surface area (TPSA) is 81.2 Å². The number of amides is 1. The highest BCUT2D eigenvalue weighted by molar-refractivity contribution is 5.94. The molecule has 0 bridgehead atoms. The predicted octanol–water partition coefficient (Wildman–Crippen LogP) is 2.12. The van der Waals surface area contributed by atoms with Crippen LogP contribution in [-0.2, 0) is 11.2 Å². The molecule has 92 valence electrons. The highest BCUT2D eigenvalue weighted by Gasteiger charge is 2.17. The van der Waals surface area contributed by atoms with Crippen molar-refractivity contribution in [3.63, 3.8) is 0 Å². The number of nitrogens with one attached hydrogen (secondary N) is 1. The van der Waals surface area contributed by atoms with E-state index in [1.54, 1.807) is 6.92 Å². The summed E-state index contributed by atoms with van der Waals surface area (Å²) >= 11 is 0. The Balaban J connectivity index is 2.05. The molecule has 0 saturated carbocycles. The fraction of sp³-hybridized carbons (Fsp3) is 0.231. The summed E-state index contributed by atoms with van der Waals surface area (Å²) in [6.07, 6.45) is 1.25. The Hall–Kier alpha value is -2.30. The Kier molecular flexibility index (Phi) is 2.33. The third-order valence-corrected chi connectivity index (χ3v) is 3.17. The molecule has 0 unspecified atom stereocenters. The molecule has 0 atom stereocenters. The molecule has 18 heavy (non-hydrogen) atoms. The van der Waals surface area contributed by atoms with Crippen molar-refractivity contribution in [2.75, 3.05) is 11.1 Å². The third-order valence-electron chi connectivity index (χ3n) is 3.17. The number of hydrogen-bond donors (Lipinski definition) is 2. The van der Waals surface area contributed by atoms with Gasteiger partial charge in [0.25, 0.3) is 0 Å². The lowest BCUT2D eigenvalue weighted by Gasteiger charge is -2.17.